The van der Waals surface area contributed by atoms with E-state index in [9.17, 15) is 18.0 Å². The molecule has 9 heteroatoms. The van der Waals surface area contributed by atoms with Crippen molar-refractivity contribution in [1.82, 2.24) is 14.2 Å². The van der Waals surface area contributed by atoms with E-state index in [1.165, 1.54) is 16.6 Å². The Morgan fingerprint density at radius 3 is 2.46 bits per heavy atom. The minimum Gasteiger partial charge on any atom is -0.451 e. The van der Waals surface area contributed by atoms with Gasteiger partial charge < -0.3 is 14.6 Å². The summed E-state index contributed by atoms with van der Waals surface area (Å²) in [5.41, 5.74) is 0.0140. The third-order valence-corrected chi connectivity index (χ3v) is 5.90. The monoisotopic (exact) mass is 357 g/mol. The fourth-order valence-corrected chi connectivity index (χ4v) is 4.10. The summed E-state index contributed by atoms with van der Waals surface area (Å²) in [4.78, 5) is 28.0. The molecule has 1 amide bonds. The molecule has 24 heavy (non-hydrogen) atoms. The molecule has 1 fully saturated rings. The van der Waals surface area contributed by atoms with E-state index in [0.29, 0.717) is 26.2 Å². The Hall–Kier alpha value is -1.87. The third-order valence-electron chi connectivity index (χ3n) is 4.02. The molecule has 0 saturated carbocycles. The number of rotatable bonds is 7. The molecule has 0 aliphatic carbocycles. The number of esters is 1. The van der Waals surface area contributed by atoms with Gasteiger partial charge in [-0.15, -0.1) is 0 Å². The number of nitrogens with one attached hydrogen (secondary N) is 1. The van der Waals surface area contributed by atoms with Crippen LogP contribution in [-0.4, -0.2) is 67.3 Å². The van der Waals surface area contributed by atoms with Crippen LogP contribution in [-0.2, 0) is 19.6 Å². The lowest BCUT2D eigenvalue weighted by Gasteiger charge is -2.18. The largest absolute Gasteiger partial charge is 0.451 e. The maximum atomic E-state index is 12.4. The molecule has 2 rings (SSSR count). The van der Waals surface area contributed by atoms with E-state index >= 15 is 0 Å². The maximum absolute atomic E-state index is 12.4. The van der Waals surface area contributed by atoms with Gasteiger partial charge in [0.05, 0.1) is 0 Å². The summed E-state index contributed by atoms with van der Waals surface area (Å²) in [6, 6.07) is 1.25. The minimum atomic E-state index is -3.58. The number of hydrogen-bond acceptors (Lipinski definition) is 5. The van der Waals surface area contributed by atoms with Crippen molar-refractivity contribution < 1.29 is 22.7 Å². The smallest absolute Gasteiger partial charge is 0.355 e. The quantitative estimate of drug-likeness (QED) is 0.729. The van der Waals surface area contributed by atoms with Crippen molar-refractivity contribution >= 4 is 21.9 Å². The zero-order valence-electron chi connectivity index (χ0n) is 13.9. The van der Waals surface area contributed by atoms with Crippen molar-refractivity contribution in [3.63, 3.8) is 0 Å². The van der Waals surface area contributed by atoms with E-state index in [-0.39, 0.29) is 23.1 Å². The average molecular weight is 357 g/mol. The molecule has 2 heterocycles. The maximum Gasteiger partial charge on any atom is 0.355 e. The lowest BCUT2D eigenvalue weighted by Crippen LogP contribution is -2.34. The molecular formula is C15H23N3O5S. The van der Waals surface area contributed by atoms with E-state index in [0.717, 1.165) is 12.8 Å². The lowest BCUT2D eigenvalue weighted by atomic mass is 10.4. The van der Waals surface area contributed by atoms with E-state index in [4.69, 9.17) is 4.74 Å². The molecule has 0 radical (unpaired) electrons. The zero-order chi connectivity index (χ0) is 17.7. The first-order valence-electron chi connectivity index (χ1n) is 8.03. The van der Waals surface area contributed by atoms with E-state index in [1.807, 2.05) is 13.8 Å². The van der Waals surface area contributed by atoms with Crippen LogP contribution >= 0.6 is 0 Å². The Morgan fingerprint density at radius 1 is 1.25 bits per heavy atom. The van der Waals surface area contributed by atoms with Crippen molar-refractivity contribution in [3.8, 4) is 0 Å². The first-order chi connectivity index (χ1) is 11.4. The number of nitrogens with zero attached hydrogens (tertiary/aromatic N) is 2. The van der Waals surface area contributed by atoms with Crippen LogP contribution in [0.25, 0.3) is 0 Å². The number of ether oxygens (including phenoxy) is 1. The van der Waals surface area contributed by atoms with Gasteiger partial charge in [-0.2, -0.15) is 4.31 Å². The molecule has 1 saturated heterocycles. The van der Waals surface area contributed by atoms with Crippen LogP contribution in [0.4, 0.5) is 0 Å². The second-order valence-corrected chi connectivity index (χ2v) is 7.44. The number of amides is 1. The second kappa shape index (κ2) is 7.80. The summed E-state index contributed by atoms with van der Waals surface area (Å²) >= 11 is 0. The second-order valence-electron chi connectivity index (χ2n) is 5.50. The molecule has 1 N–H and O–H groups in total. The highest BCUT2D eigenvalue weighted by Gasteiger charge is 2.29. The van der Waals surface area contributed by atoms with Gasteiger partial charge in [-0.25, -0.2) is 13.2 Å². The van der Waals surface area contributed by atoms with Crippen LogP contribution in [0.3, 0.4) is 0 Å². The molecule has 134 valence electrons. The topological polar surface area (TPSA) is 99.8 Å². The van der Waals surface area contributed by atoms with Crippen molar-refractivity contribution in [2.45, 2.75) is 31.6 Å². The Bertz CT molecular complexity index is 688. The lowest BCUT2D eigenvalue weighted by molar-refractivity contribution is -0.134. The number of aromatic amines is 1. The minimum absolute atomic E-state index is 0.0140. The normalized spacial score (nSPS) is 15.4. The molecule has 0 unspecified atom stereocenters. The van der Waals surface area contributed by atoms with E-state index in [2.05, 4.69) is 4.98 Å². The summed E-state index contributed by atoms with van der Waals surface area (Å²) < 4.78 is 31.1. The number of carbonyl (C=O) groups is 2. The van der Waals surface area contributed by atoms with Crippen molar-refractivity contribution in [2.24, 2.45) is 0 Å². The first kappa shape index (κ1) is 18.5. The Labute approximate surface area is 141 Å². The number of likely N-dealkylation sites (N-methyl/N-ethyl adjacent to an activating group) is 1. The molecule has 1 aromatic rings. The van der Waals surface area contributed by atoms with Crippen LogP contribution in [0, 0.1) is 0 Å². The fourth-order valence-electron chi connectivity index (χ4n) is 2.59. The van der Waals surface area contributed by atoms with Gasteiger partial charge in [-0.3, -0.25) is 4.79 Å². The highest BCUT2D eigenvalue weighted by atomic mass is 32.2. The fraction of sp³-hybridized carbons (Fsp3) is 0.600. The van der Waals surface area contributed by atoms with Gasteiger partial charge >= 0.3 is 5.97 Å². The highest BCUT2D eigenvalue weighted by molar-refractivity contribution is 7.89. The van der Waals surface area contributed by atoms with Crippen molar-refractivity contribution in [3.05, 3.63) is 18.0 Å². The van der Waals surface area contributed by atoms with Crippen LogP contribution in [0.5, 0.6) is 0 Å². The molecule has 0 atom stereocenters. The molecule has 1 aliphatic rings. The van der Waals surface area contributed by atoms with Gasteiger partial charge in [-0.1, -0.05) is 0 Å². The number of sulfonamides is 1. The van der Waals surface area contributed by atoms with Gasteiger partial charge in [0.1, 0.15) is 10.6 Å². The van der Waals surface area contributed by atoms with Crippen LogP contribution in [0.15, 0.2) is 17.2 Å². The van der Waals surface area contributed by atoms with Crippen molar-refractivity contribution in [1.29, 1.82) is 0 Å². The molecule has 8 nitrogen and oxygen atoms in total. The summed E-state index contributed by atoms with van der Waals surface area (Å²) in [6.45, 7) is 5.36. The first-order valence-corrected chi connectivity index (χ1v) is 9.47. The zero-order valence-corrected chi connectivity index (χ0v) is 14.8. The van der Waals surface area contributed by atoms with Gasteiger partial charge in [-0.05, 0) is 32.8 Å². The van der Waals surface area contributed by atoms with Gasteiger partial charge in [0, 0.05) is 32.4 Å². The number of carbonyl (C=O) groups excluding carboxylic acids is 2. The van der Waals surface area contributed by atoms with Crippen LogP contribution < -0.4 is 0 Å². The van der Waals surface area contributed by atoms with Gasteiger partial charge in [0.25, 0.3) is 5.91 Å². The number of hydrogen-bond donors (Lipinski definition) is 1. The van der Waals surface area contributed by atoms with Crippen LogP contribution in [0.1, 0.15) is 37.2 Å². The molecule has 1 aliphatic heterocycles. The van der Waals surface area contributed by atoms with Gasteiger partial charge in [0.15, 0.2) is 6.61 Å². The summed E-state index contributed by atoms with van der Waals surface area (Å²) in [6.07, 6.45) is 2.95. The van der Waals surface area contributed by atoms with E-state index < -0.39 is 16.0 Å². The van der Waals surface area contributed by atoms with Crippen molar-refractivity contribution in [2.75, 3.05) is 32.8 Å². The molecular weight excluding hydrogens is 334 g/mol. The summed E-state index contributed by atoms with van der Waals surface area (Å²) in [5, 5.41) is 0. The number of aromatic nitrogens is 1. The van der Waals surface area contributed by atoms with Gasteiger partial charge in [0.2, 0.25) is 10.0 Å². The van der Waals surface area contributed by atoms with Crippen LogP contribution in [0.2, 0.25) is 0 Å². The third kappa shape index (κ3) is 3.96. The Morgan fingerprint density at radius 2 is 1.88 bits per heavy atom. The standard InChI is InChI=1S/C15H23N3O5S/c1-3-17(4-2)14(19)11-23-15(20)13-9-12(10-16-13)24(21,22)18-7-5-6-8-18/h9-10,16H,3-8,11H2,1-2H3. The Kier molecular flexibility index (Phi) is 6.00. The summed E-state index contributed by atoms with van der Waals surface area (Å²) in [7, 11) is -3.58. The average Bonchev–Trinajstić information content (AvgIpc) is 3.25. The molecule has 0 bridgehead atoms. The number of H-pyrrole nitrogens is 1. The predicted molar refractivity (Wildman–Crippen MR) is 87.0 cm³/mol. The molecule has 0 aromatic carbocycles. The highest BCUT2D eigenvalue weighted by Crippen LogP contribution is 2.21. The molecule has 0 spiro atoms. The summed E-state index contributed by atoms with van der Waals surface area (Å²) in [5.74, 6) is -1.04. The predicted octanol–water partition coefficient (Wildman–Crippen LogP) is 0.824. The molecule has 1 aromatic heterocycles. The van der Waals surface area contributed by atoms with E-state index in [1.54, 1.807) is 4.90 Å². The SMILES string of the molecule is CCN(CC)C(=O)COC(=O)c1cc(S(=O)(=O)N2CCCC2)c[nH]1. The Balaban J connectivity index is 1.99.